The highest BCUT2D eigenvalue weighted by molar-refractivity contribution is 5.58. The van der Waals surface area contributed by atoms with Crippen LogP contribution >= 0.6 is 0 Å². The zero-order valence-electron chi connectivity index (χ0n) is 10.7. The maximum atomic E-state index is 9.48. The quantitative estimate of drug-likeness (QED) is 0.848. The van der Waals surface area contributed by atoms with Gasteiger partial charge in [-0.1, -0.05) is 30.4 Å². The van der Waals surface area contributed by atoms with Crippen molar-refractivity contribution in [3.8, 4) is 11.5 Å². The van der Waals surface area contributed by atoms with E-state index in [1.165, 1.54) is 7.11 Å². The van der Waals surface area contributed by atoms with Crippen LogP contribution in [-0.2, 0) is 0 Å². The Morgan fingerprint density at radius 1 is 1.11 bits per heavy atom. The predicted octanol–water partition coefficient (Wildman–Crippen LogP) is 3.52. The van der Waals surface area contributed by atoms with Crippen LogP contribution in [0.5, 0.6) is 11.5 Å². The Morgan fingerprint density at radius 2 is 1.95 bits per heavy atom. The van der Waals surface area contributed by atoms with Crippen molar-refractivity contribution in [2.24, 2.45) is 0 Å². The summed E-state index contributed by atoms with van der Waals surface area (Å²) in [5.41, 5.74) is 1.87. The number of methoxy groups -OCH3 is 1. The first-order valence-corrected chi connectivity index (χ1v) is 5.92. The van der Waals surface area contributed by atoms with Gasteiger partial charge in [-0.05, 0) is 35.9 Å². The molecule has 1 aromatic heterocycles. The smallest absolute Gasteiger partial charge is 0.161 e. The van der Waals surface area contributed by atoms with Crippen LogP contribution in [0.4, 0.5) is 0 Å². The van der Waals surface area contributed by atoms with Crippen LogP contribution in [0.2, 0.25) is 0 Å². The van der Waals surface area contributed by atoms with Gasteiger partial charge in [0, 0.05) is 6.20 Å². The number of phenols is 1. The minimum atomic E-state index is 0.142. The van der Waals surface area contributed by atoms with Crippen molar-refractivity contribution in [3.63, 3.8) is 0 Å². The van der Waals surface area contributed by atoms with E-state index in [9.17, 15) is 5.11 Å². The Bertz CT molecular complexity index is 589. The SMILES string of the molecule is COc1cc(/C=C/C=C/c2ccccn2)ccc1O. The number of aromatic nitrogens is 1. The van der Waals surface area contributed by atoms with E-state index in [0.29, 0.717) is 5.75 Å². The molecule has 0 bridgehead atoms. The normalized spacial score (nSPS) is 11.2. The van der Waals surface area contributed by atoms with Crippen LogP contribution < -0.4 is 4.74 Å². The fourth-order valence-electron chi connectivity index (χ4n) is 1.59. The van der Waals surface area contributed by atoms with Gasteiger partial charge in [0.05, 0.1) is 12.8 Å². The molecule has 0 aliphatic rings. The molecule has 0 amide bonds. The van der Waals surface area contributed by atoms with E-state index in [1.54, 1.807) is 18.3 Å². The Balaban J connectivity index is 2.05. The zero-order valence-corrected chi connectivity index (χ0v) is 10.7. The van der Waals surface area contributed by atoms with Crippen LogP contribution in [-0.4, -0.2) is 17.2 Å². The van der Waals surface area contributed by atoms with Gasteiger partial charge in [0.25, 0.3) is 0 Å². The average Bonchev–Trinajstić information content (AvgIpc) is 2.46. The molecular formula is C16H15NO2. The molecule has 0 radical (unpaired) electrons. The third-order valence-electron chi connectivity index (χ3n) is 2.56. The number of ether oxygens (including phenoxy) is 1. The lowest BCUT2D eigenvalue weighted by atomic mass is 10.2. The van der Waals surface area contributed by atoms with Gasteiger partial charge in [-0.2, -0.15) is 0 Å². The molecule has 1 heterocycles. The van der Waals surface area contributed by atoms with Gasteiger partial charge in [-0.25, -0.2) is 0 Å². The fraction of sp³-hybridized carbons (Fsp3) is 0.0625. The van der Waals surface area contributed by atoms with Crippen molar-refractivity contribution in [3.05, 3.63) is 66.0 Å². The van der Waals surface area contributed by atoms with Gasteiger partial charge in [0.15, 0.2) is 11.5 Å². The van der Waals surface area contributed by atoms with Gasteiger partial charge >= 0.3 is 0 Å². The highest BCUT2D eigenvalue weighted by Gasteiger charge is 1.99. The summed E-state index contributed by atoms with van der Waals surface area (Å²) in [7, 11) is 1.53. The van der Waals surface area contributed by atoms with E-state index in [4.69, 9.17) is 4.74 Å². The van der Waals surface area contributed by atoms with E-state index in [1.807, 2.05) is 48.6 Å². The summed E-state index contributed by atoms with van der Waals surface area (Å²) in [5.74, 6) is 0.611. The van der Waals surface area contributed by atoms with Crippen molar-refractivity contribution in [2.75, 3.05) is 7.11 Å². The Labute approximate surface area is 112 Å². The Hall–Kier alpha value is -2.55. The number of benzene rings is 1. The van der Waals surface area contributed by atoms with Gasteiger partial charge in [-0.3, -0.25) is 4.98 Å². The molecule has 1 aromatic carbocycles. The van der Waals surface area contributed by atoms with Crippen molar-refractivity contribution >= 4 is 12.2 Å². The molecule has 96 valence electrons. The summed E-state index contributed by atoms with van der Waals surface area (Å²) in [6, 6.07) is 11.0. The second kappa shape index (κ2) is 6.40. The highest BCUT2D eigenvalue weighted by atomic mass is 16.5. The molecule has 1 N–H and O–H groups in total. The standard InChI is InChI=1S/C16H15NO2/c1-19-16-12-13(9-10-15(16)18)6-2-3-7-14-8-4-5-11-17-14/h2-12,18H,1H3/b6-2+,7-3+. The lowest BCUT2D eigenvalue weighted by Crippen LogP contribution is -1.83. The molecule has 0 fully saturated rings. The largest absolute Gasteiger partial charge is 0.504 e. The minimum Gasteiger partial charge on any atom is -0.504 e. The van der Waals surface area contributed by atoms with Crippen molar-refractivity contribution in [1.29, 1.82) is 0 Å². The fourth-order valence-corrected chi connectivity index (χ4v) is 1.59. The topological polar surface area (TPSA) is 42.4 Å². The number of rotatable bonds is 4. The van der Waals surface area contributed by atoms with Crippen LogP contribution in [0.15, 0.2) is 54.7 Å². The summed E-state index contributed by atoms with van der Waals surface area (Å²) in [6.07, 6.45) is 9.45. The summed E-state index contributed by atoms with van der Waals surface area (Å²) in [5, 5.41) is 9.48. The van der Waals surface area contributed by atoms with Crippen LogP contribution in [0.25, 0.3) is 12.2 Å². The van der Waals surface area contributed by atoms with E-state index < -0.39 is 0 Å². The molecule has 0 unspecified atom stereocenters. The molecule has 0 saturated heterocycles. The number of hydrogen-bond acceptors (Lipinski definition) is 3. The number of pyridine rings is 1. The highest BCUT2D eigenvalue weighted by Crippen LogP contribution is 2.26. The van der Waals surface area contributed by atoms with E-state index >= 15 is 0 Å². The maximum absolute atomic E-state index is 9.48. The number of phenolic OH excluding ortho intramolecular Hbond substituents is 1. The molecule has 19 heavy (non-hydrogen) atoms. The van der Waals surface area contributed by atoms with Gasteiger partial charge < -0.3 is 9.84 Å². The Kier molecular flexibility index (Phi) is 4.34. The summed E-state index contributed by atoms with van der Waals surface area (Å²) in [6.45, 7) is 0. The maximum Gasteiger partial charge on any atom is 0.161 e. The number of aromatic hydroxyl groups is 1. The molecular weight excluding hydrogens is 238 g/mol. The summed E-state index contributed by atoms with van der Waals surface area (Å²) < 4.78 is 5.05. The molecule has 0 spiro atoms. The van der Waals surface area contributed by atoms with Gasteiger partial charge in [-0.15, -0.1) is 0 Å². The molecule has 0 saturated carbocycles. The lowest BCUT2D eigenvalue weighted by Gasteiger charge is -2.03. The molecule has 2 aromatic rings. The van der Waals surface area contributed by atoms with Crippen LogP contribution in [0.3, 0.4) is 0 Å². The third-order valence-corrected chi connectivity index (χ3v) is 2.56. The second-order valence-electron chi connectivity index (χ2n) is 3.90. The first kappa shape index (κ1) is 12.9. The molecule has 2 rings (SSSR count). The van der Waals surface area contributed by atoms with Crippen molar-refractivity contribution in [2.45, 2.75) is 0 Å². The van der Waals surface area contributed by atoms with Gasteiger partial charge in [0.1, 0.15) is 0 Å². The average molecular weight is 253 g/mol. The molecule has 0 atom stereocenters. The monoisotopic (exact) mass is 253 g/mol. The molecule has 3 nitrogen and oxygen atoms in total. The van der Waals surface area contributed by atoms with E-state index in [0.717, 1.165) is 11.3 Å². The number of allylic oxidation sites excluding steroid dienone is 2. The van der Waals surface area contributed by atoms with Crippen LogP contribution in [0.1, 0.15) is 11.3 Å². The molecule has 0 aliphatic carbocycles. The van der Waals surface area contributed by atoms with E-state index in [-0.39, 0.29) is 5.75 Å². The third kappa shape index (κ3) is 3.71. The molecule has 3 heteroatoms. The second-order valence-corrected chi connectivity index (χ2v) is 3.90. The molecule has 0 aliphatic heterocycles. The van der Waals surface area contributed by atoms with Crippen LogP contribution in [0, 0.1) is 0 Å². The summed E-state index contributed by atoms with van der Waals surface area (Å²) in [4.78, 5) is 4.19. The Morgan fingerprint density at radius 3 is 2.68 bits per heavy atom. The first-order chi connectivity index (χ1) is 9.29. The lowest BCUT2D eigenvalue weighted by molar-refractivity contribution is 0.373. The summed E-state index contributed by atoms with van der Waals surface area (Å²) >= 11 is 0. The number of hydrogen-bond donors (Lipinski definition) is 1. The minimum absolute atomic E-state index is 0.142. The van der Waals surface area contributed by atoms with Gasteiger partial charge in [0.2, 0.25) is 0 Å². The zero-order chi connectivity index (χ0) is 13.5. The first-order valence-electron chi connectivity index (χ1n) is 5.92. The predicted molar refractivity (Wildman–Crippen MR) is 77.0 cm³/mol. The van der Waals surface area contributed by atoms with Crippen molar-refractivity contribution in [1.82, 2.24) is 4.98 Å². The van der Waals surface area contributed by atoms with Crippen molar-refractivity contribution < 1.29 is 9.84 Å². The van der Waals surface area contributed by atoms with E-state index in [2.05, 4.69) is 4.98 Å². The number of nitrogens with zero attached hydrogens (tertiary/aromatic N) is 1.